The quantitative estimate of drug-likeness (QED) is 0.843. The molecule has 2 aromatic rings. The van der Waals surface area contributed by atoms with Crippen LogP contribution in [-0.4, -0.2) is 15.5 Å². The van der Waals surface area contributed by atoms with Crippen LogP contribution in [0.2, 0.25) is 0 Å². The maximum atomic E-state index is 4.33. The fraction of sp³-hybridized carbons (Fsp3) is 0.455. The molecule has 15 heavy (non-hydrogen) atoms. The zero-order valence-electron chi connectivity index (χ0n) is 8.66. The van der Waals surface area contributed by atoms with Gasteiger partial charge in [-0.3, -0.25) is 0 Å². The number of nitrogens with zero attached hydrogens (tertiary/aromatic N) is 2. The molecule has 0 aromatic carbocycles. The summed E-state index contributed by atoms with van der Waals surface area (Å²) in [6.45, 7) is 2.26. The van der Waals surface area contributed by atoms with E-state index in [0.29, 0.717) is 0 Å². The van der Waals surface area contributed by atoms with Gasteiger partial charge in [0.25, 0.3) is 0 Å². The van der Waals surface area contributed by atoms with E-state index in [9.17, 15) is 0 Å². The van der Waals surface area contributed by atoms with Crippen LogP contribution < -0.4 is 5.32 Å². The molecule has 0 aliphatic heterocycles. The normalized spacial score (nSPS) is 18.7. The van der Waals surface area contributed by atoms with Crippen molar-refractivity contribution in [3.63, 3.8) is 0 Å². The molecular formula is C11H13N3S. The number of hydrogen-bond acceptors (Lipinski definition) is 4. The summed E-state index contributed by atoms with van der Waals surface area (Å²) in [7, 11) is 0. The number of thiophene rings is 1. The lowest BCUT2D eigenvalue weighted by Gasteiger charge is -2.39. The summed E-state index contributed by atoms with van der Waals surface area (Å²) < 4.78 is 1.17. The number of aromatic nitrogens is 2. The number of rotatable bonds is 2. The van der Waals surface area contributed by atoms with E-state index in [4.69, 9.17) is 0 Å². The Labute approximate surface area is 92.6 Å². The highest BCUT2D eigenvalue weighted by Crippen LogP contribution is 2.36. The Balaban J connectivity index is 1.99. The number of hydrogen-bond donors (Lipinski definition) is 1. The average Bonchev–Trinajstić information content (AvgIpc) is 2.64. The number of nitrogens with one attached hydrogen (secondary N) is 1. The maximum absolute atomic E-state index is 4.33. The molecule has 0 spiro atoms. The summed E-state index contributed by atoms with van der Waals surface area (Å²) in [4.78, 5) is 8.57. The Morgan fingerprint density at radius 2 is 2.27 bits per heavy atom. The monoisotopic (exact) mass is 219 g/mol. The van der Waals surface area contributed by atoms with E-state index in [1.54, 1.807) is 17.7 Å². The van der Waals surface area contributed by atoms with E-state index < -0.39 is 0 Å². The number of anilines is 1. The molecule has 2 aromatic heterocycles. The van der Waals surface area contributed by atoms with Crippen molar-refractivity contribution >= 4 is 27.4 Å². The van der Waals surface area contributed by atoms with E-state index >= 15 is 0 Å². The average molecular weight is 219 g/mol. The van der Waals surface area contributed by atoms with Crippen LogP contribution in [0.1, 0.15) is 26.2 Å². The van der Waals surface area contributed by atoms with Gasteiger partial charge in [0, 0.05) is 5.54 Å². The minimum atomic E-state index is 0.255. The van der Waals surface area contributed by atoms with Gasteiger partial charge >= 0.3 is 0 Å². The van der Waals surface area contributed by atoms with Crippen molar-refractivity contribution in [1.29, 1.82) is 0 Å². The van der Waals surface area contributed by atoms with Gasteiger partial charge in [0.1, 0.15) is 12.1 Å². The third kappa shape index (κ3) is 1.49. The molecule has 3 rings (SSSR count). The Kier molecular flexibility index (Phi) is 1.92. The molecule has 1 aliphatic rings. The summed E-state index contributed by atoms with van der Waals surface area (Å²) in [5.74, 6) is 0.997. The minimum absolute atomic E-state index is 0.255. The van der Waals surface area contributed by atoms with Crippen molar-refractivity contribution in [3.05, 3.63) is 17.8 Å². The van der Waals surface area contributed by atoms with Gasteiger partial charge in [-0.1, -0.05) is 0 Å². The van der Waals surface area contributed by atoms with Crippen LogP contribution in [0.5, 0.6) is 0 Å². The Morgan fingerprint density at radius 1 is 1.40 bits per heavy atom. The second-order valence-corrected chi connectivity index (χ2v) is 5.31. The standard InChI is InChI=1S/C11H13N3S/c1-11(4-2-5-11)14-10-9-8(3-6-15-9)12-7-13-10/h3,6-7H,2,4-5H2,1H3,(H,12,13,14). The highest BCUT2D eigenvalue weighted by atomic mass is 32.1. The second-order valence-electron chi connectivity index (χ2n) is 4.40. The van der Waals surface area contributed by atoms with Gasteiger partial charge in [-0.25, -0.2) is 9.97 Å². The molecule has 0 bridgehead atoms. The SMILES string of the molecule is CC1(Nc2ncnc3ccsc23)CCC1. The molecule has 0 amide bonds. The zero-order chi connectivity index (χ0) is 10.3. The Bertz CT molecular complexity index is 487. The van der Waals surface area contributed by atoms with E-state index in [-0.39, 0.29) is 5.54 Å². The molecule has 1 aliphatic carbocycles. The molecular weight excluding hydrogens is 206 g/mol. The molecule has 0 saturated heterocycles. The molecule has 78 valence electrons. The Morgan fingerprint density at radius 3 is 3.00 bits per heavy atom. The predicted molar refractivity (Wildman–Crippen MR) is 63.3 cm³/mol. The largest absolute Gasteiger partial charge is 0.364 e. The molecule has 0 atom stereocenters. The highest BCUT2D eigenvalue weighted by Gasteiger charge is 2.32. The number of fused-ring (bicyclic) bond motifs is 1. The first-order valence-corrected chi connectivity index (χ1v) is 6.11. The molecule has 1 fully saturated rings. The van der Waals surface area contributed by atoms with Crippen molar-refractivity contribution in [2.24, 2.45) is 0 Å². The third-order valence-corrected chi connectivity index (χ3v) is 4.03. The molecule has 1 saturated carbocycles. The topological polar surface area (TPSA) is 37.8 Å². The molecule has 2 heterocycles. The first-order valence-electron chi connectivity index (χ1n) is 5.23. The van der Waals surface area contributed by atoms with Crippen molar-refractivity contribution in [1.82, 2.24) is 9.97 Å². The predicted octanol–water partition coefficient (Wildman–Crippen LogP) is 3.05. The van der Waals surface area contributed by atoms with Crippen LogP contribution in [0.25, 0.3) is 10.2 Å². The van der Waals surface area contributed by atoms with Gasteiger partial charge in [-0.2, -0.15) is 0 Å². The zero-order valence-corrected chi connectivity index (χ0v) is 9.47. The van der Waals surface area contributed by atoms with Crippen molar-refractivity contribution in [2.45, 2.75) is 31.7 Å². The van der Waals surface area contributed by atoms with Crippen molar-refractivity contribution in [3.8, 4) is 0 Å². The van der Waals surface area contributed by atoms with Crippen LogP contribution in [0.4, 0.5) is 5.82 Å². The lowest BCUT2D eigenvalue weighted by Crippen LogP contribution is -2.41. The lowest BCUT2D eigenvalue weighted by molar-refractivity contribution is 0.306. The van der Waals surface area contributed by atoms with Gasteiger partial charge in [-0.05, 0) is 37.6 Å². The van der Waals surface area contributed by atoms with Crippen LogP contribution in [0, 0.1) is 0 Å². The van der Waals surface area contributed by atoms with Gasteiger partial charge in [0.05, 0.1) is 10.2 Å². The van der Waals surface area contributed by atoms with E-state index in [1.165, 1.54) is 24.0 Å². The van der Waals surface area contributed by atoms with Gasteiger partial charge in [0.15, 0.2) is 0 Å². The molecule has 0 unspecified atom stereocenters. The summed E-state index contributed by atoms with van der Waals surface area (Å²) in [5, 5.41) is 5.61. The van der Waals surface area contributed by atoms with Crippen LogP contribution in [0.15, 0.2) is 17.8 Å². The first kappa shape index (κ1) is 9.09. The Hall–Kier alpha value is -1.16. The summed E-state index contributed by atoms with van der Waals surface area (Å²) >= 11 is 1.70. The fourth-order valence-electron chi connectivity index (χ4n) is 2.00. The van der Waals surface area contributed by atoms with E-state index in [2.05, 4.69) is 27.6 Å². The van der Waals surface area contributed by atoms with Gasteiger partial charge in [0.2, 0.25) is 0 Å². The molecule has 3 nitrogen and oxygen atoms in total. The summed E-state index contributed by atoms with van der Waals surface area (Å²) in [6, 6.07) is 2.04. The molecule has 0 radical (unpaired) electrons. The van der Waals surface area contributed by atoms with Crippen molar-refractivity contribution < 1.29 is 0 Å². The van der Waals surface area contributed by atoms with E-state index in [1.807, 2.05) is 6.07 Å². The van der Waals surface area contributed by atoms with Crippen molar-refractivity contribution in [2.75, 3.05) is 5.32 Å². The van der Waals surface area contributed by atoms with E-state index in [0.717, 1.165) is 11.3 Å². The summed E-state index contributed by atoms with van der Waals surface area (Å²) in [6.07, 6.45) is 5.44. The fourth-order valence-corrected chi connectivity index (χ4v) is 2.79. The van der Waals surface area contributed by atoms with Gasteiger partial charge in [-0.15, -0.1) is 11.3 Å². The first-order chi connectivity index (χ1) is 7.27. The lowest BCUT2D eigenvalue weighted by atomic mass is 9.78. The minimum Gasteiger partial charge on any atom is -0.364 e. The van der Waals surface area contributed by atoms with Crippen LogP contribution in [-0.2, 0) is 0 Å². The second kappa shape index (κ2) is 3.17. The molecule has 1 N–H and O–H groups in total. The highest BCUT2D eigenvalue weighted by molar-refractivity contribution is 7.17. The third-order valence-electron chi connectivity index (χ3n) is 3.12. The smallest absolute Gasteiger partial charge is 0.147 e. The van der Waals surface area contributed by atoms with Crippen LogP contribution in [0.3, 0.4) is 0 Å². The molecule has 4 heteroatoms. The van der Waals surface area contributed by atoms with Crippen LogP contribution >= 0.6 is 11.3 Å². The maximum Gasteiger partial charge on any atom is 0.147 e. The van der Waals surface area contributed by atoms with Gasteiger partial charge < -0.3 is 5.32 Å². The summed E-state index contributed by atoms with van der Waals surface area (Å²) in [5.41, 5.74) is 1.30.